The Hall–Kier alpha value is -5.42. The summed E-state index contributed by atoms with van der Waals surface area (Å²) in [5.41, 5.74) is 9.79. The van der Waals surface area contributed by atoms with Crippen molar-refractivity contribution in [3.05, 3.63) is 128 Å². The summed E-state index contributed by atoms with van der Waals surface area (Å²) in [5.74, 6) is 0.585. The Labute approximate surface area is 223 Å². The standard InChI is InChI=1S/C34H21N3O2/c1-3-13-30-26(10-1)33-27(23-15-17-38-21-23)19-24(34-36-29-12-2-4-14-32(29)39-34)20-31(33)37(30)25-9-7-8-22(18-25)28-11-5-6-16-35-28/h1-21H. The lowest BCUT2D eigenvalue weighted by Gasteiger charge is -2.11. The van der Waals surface area contributed by atoms with Crippen LogP contribution in [0.3, 0.4) is 0 Å². The number of fused-ring (bicyclic) bond motifs is 4. The van der Waals surface area contributed by atoms with Gasteiger partial charge in [-0.1, -0.05) is 48.5 Å². The molecule has 0 N–H and O–H groups in total. The van der Waals surface area contributed by atoms with E-state index in [4.69, 9.17) is 13.8 Å². The first-order valence-corrected chi connectivity index (χ1v) is 12.8. The smallest absolute Gasteiger partial charge is 0.227 e. The fourth-order valence-corrected chi connectivity index (χ4v) is 5.48. The van der Waals surface area contributed by atoms with Gasteiger partial charge in [0.2, 0.25) is 5.89 Å². The van der Waals surface area contributed by atoms with E-state index in [2.05, 4.69) is 70.2 Å². The highest BCUT2D eigenvalue weighted by Crippen LogP contribution is 2.42. The molecule has 5 nitrogen and oxygen atoms in total. The average molecular weight is 504 g/mol. The van der Waals surface area contributed by atoms with Gasteiger partial charge in [0.05, 0.1) is 29.3 Å². The maximum absolute atomic E-state index is 6.22. The van der Waals surface area contributed by atoms with Crippen LogP contribution in [-0.4, -0.2) is 14.5 Å². The molecular formula is C34H21N3O2. The van der Waals surface area contributed by atoms with Crippen molar-refractivity contribution in [2.45, 2.75) is 0 Å². The second kappa shape index (κ2) is 8.57. The zero-order chi connectivity index (χ0) is 25.8. The van der Waals surface area contributed by atoms with Crippen molar-refractivity contribution >= 4 is 32.9 Å². The first-order valence-electron chi connectivity index (χ1n) is 12.8. The topological polar surface area (TPSA) is 57.0 Å². The lowest BCUT2D eigenvalue weighted by Crippen LogP contribution is -1.95. The minimum Gasteiger partial charge on any atom is -0.472 e. The molecule has 39 heavy (non-hydrogen) atoms. The molecular weight excluding hydrogens is 482 g/mol. The van der Waals surface area contributed by atoms with Crippen LogP contribution in [-0.2, 0) is 0 Å². The summed E-state index contributed by atoms with van der Waals surface area (Å²) in [4.78, 5) is 9.39. The van der Waals surface area contributed by atoms with Crippen molar-refractivity contribution in [2.75, 3.05) is 0 Å². The molecule has 0 fully saturated rings. The summed E-state index contributed by atoms with van der Waals surface area (Å²) in [6.45, 7) is 0. The highest BCUT2D eigenvalue weighted by Gasteiger charge is 2.20. The van der Waals surface area contributed by atoms with Crippen molar-refractivity contribution in [1.82, 2.24) is 14.5 Å². The van der Waals surface area contributed by atoms with Gasteiger partial charge >= 0.3 is 0 Å². The number of rotatable bonds is 4. The summed E-state index contributed by atoms with van der Waals surface area (Å²) in [5, 5.41) is 2.31. The maximum atomic E-state index is 6.22. The quantitative estimate of drug-likeness (QED) is 0.241. The molecule has 8 aromatic rings. The number of hydrogen-bond donors (Lipinski definition) is 0. The first kappa shape index (κ1) is 21.6. The van der Waals surface area contributed by atoms with Crippen molar-refractivity contribution in [2.24, 2.45) is 0 Å². The molecule has 0 atom stereocenters. The number of furan rings is 1. The SMILES string of the molecule is c1ccc(-c2cccc(-n3c4ccccc4c4c(-c5ccoc5)cc(-c5nc6ccccc6o5)cc43)c2)nc1. The fourth-order valence-electron chi connectivity index (χ4n) is 5.48. The highest BCUT2D eigenvalue weighted by molar-refractivity contribution is 6.16. The van der Waals surface area contributed by atoms with Crippen LogP contribution in [0.2, 0.25) is 0 Å². The number of pyridine rings is 1. The van der Waals surface area contributed by atoms with E-state index in [0.29, 0.717) is 5.89 Å². The number of oxazole rings is 1. The number of hydrogen-bond acceptors (Lipinski definition) is 4. The van der Waals surface area contributed by atoms with Crippen LogP contribution in [0.25, 0.3) is 72.4 Å². The number of aromatic nitrogens is 3. The van der Waals surface area contributed by atoms with Gasteiger partial charge in [-0.3, -0.25) is 4.98 Å². The van der Waals surface area contributed by atoms with Gasteiger partial charge in [-0.2, -0.15) is 0 Å². The Morgan fingerprint density at radius 2 is 1.56 bits per heavy atom. The third-order valence-electron chi connectivity index (χ3n) is 7.21. The van der Waals surface area contributed by atoms with Crippen molar-refractivity contribution in [3.8, 4) is 39.5 Å². The van der Waals surface area contributed by atoms with E-state index >= 15 is 0 Å². The molecule has 0 spiro atoms. The second-order valence-electron chi connectivity index (χ2n) is 9.53. The van der Waals surface area contributed by atoms with Gasteiger partial charge in [-0.15, -0.1) is 0 Å². The maximum Gasteiger partial charge on any atom is 0.227 e. The van der Waals surface area contributed by atoms with Gasteiger partial charge in [0.25, 0.3) is 0 Å². The van der Waals surface area contributed by atoms with Gasteiger partial charge in [-0.05, 0) is 66.2 Å². The number of benzene rings is 4. The molecule has 4 aromatic carbocycles. The predicted molar refractivity (Wildman–Crippen MR) is 155 cm³/mol. The van der Waals surface area contributed by atoms with Gasteiger partial charge in [0.1, 0.15) is 5.52 Å². The first-order chi connectivity index (χ1) is 19.3. The molecule has 4 heterocycles. The Kier molecular flexibility index (Phi) is 4.76. The van der Waals surface area contributed by atoms with Gasteiger partial charge < -0.3 is 13.4 Å². The highest BCUT2D eigenvalue weighted by atomic mass is 16.3. The van der Waals surface area contributed by atoms with Crippen LogP contribution in [0.15, 0.2) is 137 Å². The lowest BCUT2D eigenvalue weighted by atomic mass is 9.98. The summed E-state index contributed by atoms with van der Waals surface area (Å²) in [6, 6.07) is 37.2. The molecule has 0 aliphatic rings. The monoisotopic (exact) mass is 503 g/mol. The molecule has 0 radical (unpaired) electrons. The van der Waals surface area contributed by atoms with Crippen LogP contribution in [0.1, 0.15) is 0 Å². The fraction of sp³-hybridized carbons (Fsp3) is 0. The minimum atomic E-state index is 0.585. The van der Waals surface area contributed by atoms with Crippen LogP contribution >= 0.6 is 0 Å². The third-order valence-corrected chi connectivity index (χ3v) is 7.21. The molecule has 0 amide bonds. The zero-order valence-corrected chi connectivity index (χ0v) is 20.8. The van der Waals surface area contributed by atoms with Gasteiger partial charge in [-0.25, -0.2) is 4.98 Å². The number of para-hydroxylation sites is 3. The Bertz CT molecular complexity index is 2090. The molecule has 5 heteroatoms. The molecule has 0 aliphatic carbocycles. The minimum absolute atomic E-state index is 0.585. The molecule has 184 valence electrons. The van der Waals surface area contributed by atoms with Crippen molar-refractivity contribution in [1.29, 1.82) is 0 Å². The van der Waals surface area contributed by atoms with Gasteiger partial charge in [0, 0.05) is 39.3 Å². The van der Waals surface area contributed by atoms with E-state index in [-0.39, 0.29) is 0 Å². The second-order valence-corrected chi connectivity index (χ2v) is 9.53. The van der Waals surface area contributed by atoms with Crippen LogP contribution in [0.4, 0.5) is 0 Å². The van der Waals surface area contributed by atoms with Crippen LogP contribution in [0, 0.1) is 0 Å². The van der Waals surface area contributed by atoms with E-state index in [1.165, 1.54) is 0 Å². The summed E-state index contributed by atoms with van der Waals surface area (Å²) >= 11 is 0. The summed E-state index contributed by atoms with van der Waals surface area (Å²) < 4.78 is 14.1. The molecule has 4 aromatic heterocycles. The zero-order valence-electron chi connectivity index (χ0n) is 20.8. The largest absolute Gasteiger partial charge is 0.472 e. The van der Waals surface area contributed by atoms with E-state index in [1.54, 1.807) is 12.5 Å². The molecule has 0 saturated carbocycles. The van der Waals surface area contributed by atoms with E-state index in [1.807, 2.05) is 54.7 Å². The van der Waals surface area contributed by atoms with E-state index in [0.717, 1.165) is 66.5 Å². The predicted octanol–water partition coefficient (Wildman–Crippen LogP) is 8.91. The van der Waals surface area contributed by atoms with E-state index in [9.17, 15) is 0 Å². The molecule has 0 unspecified atom stereocenters. The van der Waals surface area contributed by atoms with Gasteiger partial charge in [0.15, 0.2) is 5.58 Å². The molecule has 8 rings (SSSR count). The molecule has 0 bridgehead atoms. The number of nitrogens with zero attached hydrogens (tertiary/aromatic N) is 3. The molecule has 0 saturated heterocycles. The Morgan fingerprint density at radius 1 is 0.667 bits per heavy atom. The van der Waals surface area contributed by atoms with Crippen LogP contribution in [0.5, 0.6) is 0 Å². The molecule has 0 aliphatic heterocycles. The normalized spacial score (nSPS) is 11.6. The van der Waals surface area contributed by atoms with Crippen LogP contribution < -0.4 is 0 Å². The average Bonchev–Trinajstić information content (AvgIpc) is 3.75. The van der Waals surface area contributed by atoms with Crippen molar-refractivity contribution in [3.63, 3.8) is 0 Å². The van der Waals surface area contributed by atoms with E-state index < -0.39 is 0 Å². The third kappa shape index (κ3) is 3.48. The Balaban J connectivity index is 1.46. The summed E-state index contributed by atoms with van der Waals surface area (Å²) in [6.07, 6.45) is 5.33. The lowest BCUT2D eigenvalue weighted by molar-refractivity contribution is 0.568. The summed E-state index contributed by atoms with van der Waals surface area (Å²) in [7, 11) is 0. The van der Waals surface area contributed by atoms with Crippen molar-refractivity contribution < 1.29 is 8.83 Å². The Morgan fingerprint density at radius 3 is 2.44 bits per heavy atom.